The summed E-state index contributed by atoms with van der Waals surface area (Å²) in [6.45, 7) is 3.78. The highest BCUT2D eigenvalue weighted by molar-refractivity contribution is 5.98. The zero-order valence-corrected chi connectivity index (χ0v) is 14.0. The minimum Gasteiger partial charge on any atom is -0.494 e. The van der Waals surface area contributed by atoms with Gasteiger partial charge in [-0.1, -0.05) is 18.2 Å². The van der Waals surface area contributed by atoms with E-state index in [9.17, 15) is 9.18 Å². The molecule has 0 unspecified atom stereocenters. The number of para-hydroxylation sites is 1. The summed E-state index contributed by atoms with van der Waals surface area (Å²) in [6, 6.07) is 12.0. The van der Waals surface area contributed by atoms with Crippen LogP contribution < -0.4 is 14.4 Å². The molecule has 5 heteroatoms. The van der Waals surface area contributed by atoms with Gasteiger partial charge in [-0.2, -0.15) is 0 Å². The molecular formula is C19H20FNO3. The summed E-state index contributed by atoms with van der Waals surface area (Å²) in [6.07, 6.45) is -0.0633. The smallest absolute Gasteiger partial charge is 0.268 e. The van der Waals surface area contributed by atoms with E-state index in [0.717, 1.165) is 11.3 Å². The first-order chi connectivity index (χ1) is 11.5. The second kappa shape index (κ2) is 6.51. The molecule has 0 radical (unpaired) electrons. The molecule has 2 aromatic carbocycles. The largest absolute Gasteiger partial charge is 0.494 e. The van der Waals surface area contributed by atoms with Crippen LogP contribution in [0.25, 0.3) is 0 Å². The Hall–Kier alpha value is -2.56. The highest BCUT2D eigenvalue weighted by Gasteiger charge is 2.34. The average Bonchev–Trinajstić information content (AvgIpc) is 2.99. The lowest BCUT2D eigenvalue weighted by Gasteiger charge is -2.29. The normalized spacial score (nSPS) is 15.8. The lowest BCUT2D eigenvalue weighted by molar-refractivity contribution is -0.124. The molecule has 0 aliphatic carbocycles. The molecule has 24 heavy (non-hydrogen) atoms. The number of ether oxygens (including phenoxy) is 2. The Kier molecular flexibility index (Phi) is 4.42. The number of benzene rings is 2. The predicted octanol–water partition coefficient (Wildman–Crippen LogP) is 3.58. The zero-order valence-electron chi connectivity index (χ0n) is 14.0. The maximum absolute atomic E-state index is 14.0. The minimum atomic E-state index is -0.588. The number of methoxy groups -OCH3 is 1. The first-order valence-electron chi connectivity index (χ1n) is 7.92. The maximum atomic E-state index is 14.0. The zero-order chi connectivity index (χ0) is 17.3. The van der Waals surface area contributed by atoms with Gasteiger partial charge in [0, 0.05) is 24.2 Å². The highest BCUT2D eigenvalue weighted by atomic mass is 19.1. The molecule has 1 aliphatic heterocycles. The highest BCUT2D eigenvalue weighted by Crippen LogP contribution is 2.31. The summed E-state index contributed by atoms with van der Waals surface area (Å²) in [5, 5.41) is 0. The van der Waals surface area contributed by atoms with E-state index < -0.39 is 11.9 Å². The third-order valence-electron chi connectivity index (χ3n) is 4.09. The Bertz CT molecular complexity index is 735. The van der Waals surface area contributed by atoms with Crippen LogP contribution in [0.4, 0.5) is 10.1 Å². The van der Waals surface area contributed by atoms with Crippen molar-refractivity contribution in [1.29, 1.82) is 0 Å². The molecule has 1 atom stereocenters. The van der Waals surface area contributed by atoms with Crippen molar-refractivity contribution < 1.29 is 18.7 Å². The van der Waals surface area contributed by atoms with Crippen molar-refractivity contribution in [3.8, 4) is 11.5 Å². The number of carbonyl (C=O) groups is 1. The van der Waals surface area contributed by atoms with Crippen LogP contribution in [-0.2, 0) is 11.2 Å². The average molecular weight is 329 g/mol. The number of anilines is 1. The molecule has 1 heterocycles. The lowest BCUT2D eigenvalue weighted by atomic mass is 10.1. The van der Waals surface area contributed by atoms with Crippen molar-refractivity contribution in [2.45, 2.75) is 32.4 Å². The second-order valence-corrected chi connectivity index (χ2v) is 6.04. The minimum absolute atomic E-state index is 0.127. The van der Waals surface area contributed by atoms with Crippen molar-refractivity contribution >= 4 is 11.6 Å². The van der Waals surface area contributed by atoms with Gasteiger partial charge in [0.1, 0.15) is 5.75 Å². The molecule has 4 nitrogen and oxygen atoms in total. The Balaban J connectivity index is 1.87. The molecular weight excluding hydrogens is 309 g/mol. The SMILES string of the molecule is COc1ccc(N(C(=O)[C@@H]2Cc3ccccc3O2)C(C)C)cc1F. The van der Waals surface area contributed by atoms with Gasteiger partial charge in [0.05, 0.1) is 7.11 Å². The van der Waals surface area contributed by atoms with Gasteiger partial charge in [-0.25, -0.2) is 4.39 Å². The van der Waals surface area contributed by atoms with Crippen molar-refractivity contribution in [3.05, 3.63) is 53.8 Å². The number of carbonyl (C=O) groups excluding carboxylic acids is 1. The van der Waals surface area contributed by atoms with Gasteiger partial charge in [-0.3, -0.25) is 4.79 Å². The number of nitrogens with zero attached hydrogens (tertiary/aromatic N) is 1. The van der Waals surface area contributed by atoms with Crippen LogP contribution in [0.5, 0.6) is 11.5 Å². The van der Waals surface area contributed by atoms with Crippen LogP contribution >= 0.6 is 0 Å². The van der Waals surface area contributed by atoms with Gasteiger partial charge in [0.15, 0.2) is 17.7 Å². The Morgan fingerprint density at radius 3 is 2.67 bits per heavy atom. The fourth-order valence-corrected chi connectivity index (χ4v) is 2.96. The van der Waals surface area contributed by atoms with E-state index in [2.05, 4.69) is 0 Å². The molecule has 0 saturated heterocycles. The monoisotopic (exact) mass is 329 g/mol. The molecule has 0 spiro atoms. The topological polar surface area (TPSA) is 38.8 Å². The number of amides is 1. The number of rotatable bonds is 4. The number of hydrogen-bond donors (Lipinski definition) is 0. The molecule has 0 aromatic heterocycles. The fraction of sp³-hybridized carbons (Fsp3) is 0.316. The first kappa shape index (κ1) is 16.3. The van der Waals surface area contributed by atoms with E-state index in [-0.39, 0.29) is 17.7 Å². The second-order valence-electron chi connectivity index (χ2n) is 6.04. The van der Waals surface area contributed by atoms with Gasteiger partial charge in [0.2, 0.25) is 0 Å². The van der Waals surface area contributed by atoms with E-state index in [1.54, 1.807) is 11.0 Å². The van der Waals surface area contributed by atoms with Gasteiger partial charge in [-0.05, 0) is 37.6 Å². The van der Waals surface area contributed by atoms with Gasteiger partial charge >= 0.3 is 0 Å². The van der Waals surface area contributed by atoms with E-state index in [4.69, 9.17) is 9.47 Å². The van der Waals surface area contributed by atoms with Crippen LogP contribution in [0.1, 0.15) is 19.4 Å². The Morgan fingerprint density at radius 2 is 2.04 bits per heavy atom. The van der Waals surface area contributed by atoms with Crippen molar-refractivity contribution in [2.75, 3.05) is 12.0 Å². The maximum Gasteiger partial charge on any atom is 0.268 e. The molecule has 0 bridgehead atoms. The van der Waals surface area contributed by atoms with Crippen molar-refractivity contribution in [2.24, 2.45) is 0 Å². The summed E-state index contributed by atoms with van der Waals surface area (Å²) in [7, 11) is 1.41. The standard InChI is InChI=1S/C19H20FNO3/c1-12(2)21(14-8-9-17(23-3)15(20)11-14)19(22)18-10-13-6-4-5-7-16(13)24-18/h4-9,11-12,18H,10H2,1-3H3/t18-/m0/s1. The summed E-state index contributed by atoms with van der Waals surface area (Å²) >= 11 is 0. The molecule has 126 valence electrons. The third kappa shape index (κ3) is 2.94. The first-order valence-corrected chi connectivity index (χ1v) is 7.92. The predicted molar refractivity (Wildman–Crippen MR) is 90.1 cm³/mol. The fourth-order valence-electron chi connectivity index (χ4n) is 2.96. The van der Waals surface area contributed by atoms with Crippen LogP contribution in [0.3, 0.4) is 0 Å². The summed E-state index contributed by atoms with van der Waals surface area (Å²) in [5.74, 6) is 0.217. The van der Waals surface area contributed by atoms with Crippen LogP contribution in [0, 0.1) is 5.82 Å². The lowest BCUT2D eigenvalue weighted by Crippen LogP contribution is -2.45. The Morgan fingerprint density at radius 1 is 1.29 bits per heavy atom. The van der Waals surface area contributed by atoms with Gasteiger partial charge in [0.25, 0.3) is 5.91 Å². The molecule has 1 amide bonds. The molecule has 1 aliphatic rings. The summed E-state index contributed by atoms with van der Waals surface area (Å²) < 4.78 is 24.8. The molecule has 0 saturated carbocycles. The van der Waals surface area contributed by atoms with E-state index in [1.807, 2.05) is 38.1 Å². The summed E-state index contributed by atoms with van der Waals surface area (Å²) in [5.41, 5.74) is 1.51. The van der Waals surface area contributed by atoms with E-state index in [0.29, 0.717) is 12.1 Å². The Labute approximate surface area is 140 Å². The van der Waals surface area contributed by atoms with E-state index in [1.165, 1.54) is 19.2 Å². The van der Waals surface area contributed by atoms with Crippen LogP contribution in [0.15, 0.2) is 42.5 Å². The van der Waals surface area contributed by atoms with Gasteiger partial charge < -0.3 is 14.4 Å². The quantitative estimate of drug-likeness (QED) is 0.860. The van der Waals surface area contributed by atoms with Gasteiger partial charge in [-0.15, -0.1) is 0 Å². The van der Waals surface area contributed by atoms with Crippen LogP contribution in [-0.4, -0.2) is 25.2 Å². The van der Waals surface area contributed by atoms with E-state index >= 15 is 0 Å². The van der Waals surface area contributed by atoms with Crippen LogP contribution in [0.2, 0.25) is 0 Å². The number of hydrogen-bond acceptors (Lipinski definition) is 3. The molecule has 2 aromatic rings. The molecule has 0 fully saturated rings. The van der Waals surface area contributed by atoms with Crippen molar-refractivity contribution in [1.82, 2.24) is 0 Å². The van der Waals surface area contributed by atoms with Crippen molar-refractivity contribution in [3.63, 3.8) is 0 Å². The number of fused-ring (bicyclic) bond motifs is 1. The number of halogens is 1. The molecule has 3 rings (SSSR count). The third-order valence-corrected chi connectivity index (χ3v) is 4.09. The summed E-state index contributed by atoms with van der Waals surface area (Å²) in [4.78, 5) is 14.5. The molecule has 0 N–H and O–H groups in total.